The van der Waals surface area contributed by atoms with E-state index in [2.05, 4.69) is 17.2 Å². The first-order valence-corrected chi connectivity index (χ1v) is 9.02. The third-order valence-corrected chi connectivity index (χ3v) is 4.30. The highest BCUT2D eigenvalue weighted by molar-refractivity contribution is 6.20. The lowest BCUT2D eigenvalue weighted by Crippen LogP contribution is -2.40. The third kappa shape index (κ3) is 4.36. The van der Waals surface area contributed by atoms with Crippen molar-refractivity contribution in [3.05, 3.63) is 41.5 Å². The molecule has 6 nitrogen and oxygen atoms in total. The van der Waals surface area contributed by atoms with Gasteiger partial charge in [0.2, 0.25) is 5.90 Å². The Labute approximate surface area is 155 Å². The fourth-order valence-corrected chi connectivity index (χ4v) is 3.11. The Morgan fingerprint density at radius 1 is 1.15 bits per heavy atom. The van der Waals surface area contributed by atoms with E-state index in [0.717, 1.165) is 24.0 Å². The van der Waals surface area contributed by atoms with Gasteiger partial charge in [-0.3, -0.25) is 5.01 Å². The van der Waals surface area contributed by atoms with Crippen LogP contribution in [0.25, 0.3) is 5.57 Å². The molecule has 140 valence electrons. The van der Waals surface area contributed by atoms with E-state index in [1.54, 1.807) is 9.91 Å². The number of hydrogen-bond donors (Lipinski definition) is 0. The minimum absolute atomic E-state index is 0.244. The Hall–Kier alpha value is -2.50. The maximum Gasteiger partial charge on any atom is 0.410 e. The Kier molecular flexibility index (Phi) is 5.20. The van der Waals surface area contributed by atoms with E-state index < -0.39 is 5.60 Å². The maximum absolute atomic E-state index is 12.3. The normalized spacial score (nSPS) is 17.7. The zero-order valence-corrected chi connectivity index (χ0v) is 16.0. The molecule has 2 aliphatic rings. The SMILES string of the molecule is CN1COC(C(=C2CCN(C(=O)OC(C)(C)C)CC2)c2ccccc2)=N1. The van der Waals surface area contributed by atoms with Crippen LogP contribution in [0.5, 0.6) is 0 Å². The van der Waals surface area contributed by atoms with Gasteiger partial charge in [0.05, 0.1) is 0 Å². The number of rotatable bonds is 2. The topological polar surface area (TPSA) is 54.4 Å². The highest BCUT2D eigenvalue weighted by Gasteiger charge is 2.28. The molecule has 0 bridgehead atoms. The molecule has 2 heterocycles. The summed E-state index contributed by atoms with van der Waals surface area (Å²) in [6, 6.07) is 10.2. The van der Waals surface area contributed by atoms with E-state index in [4.69, 9.17) is 9.47 Å². The molecule has 0 N–H and O–H groups in total. The number of carbonyl (C=O) groups excluding carboxylic acids is 1. The lowest BCUT2D eigenvalue weighted by molar-refractivity contribution is 0.0236. The molecule has 0 aromatic heterocycles. The van der Waals surface area contributed by atoms with Crippen LogP contribution in [0, 0.1) is 0 Å². The van der Waals surface area contributed by atoms with E-state index in [1.807, 2.05) is 46.0 Å². The summed E-state index contributed by atoms with van der Waals surface area (Å²) in [7, 11) is 1.89. The molecular formula is C20H27N3O3. The van der Waals surface area contributed by atoms with Crippen molar-refractivity contribution in [3.8, 4) is 0 Å². The summed E-state index contributed by atoms with van der Waals surface area (Å²) in [6.07, 6.45) is 1.33. The van der Waals surface area contributed by atoms with Gasteiger partial charge in [-0.25, -0.2) is 4.79 Å². The second-order valence-corrected chi connectivity index (χ2v) is 7.65. The summed E-state index contributed by atoms with van der Waals surface area (Å²) in [4.78, 5) is 14.1. The van der Waals surface area contributed by atoms with Crippen molar-refractivity contribution in [2.45, 2.75) is 39.2 Å². The maximum atomic E-state index is 12.3. The van der Waals surface area contributed by atoms with Crippen molar-refractivity contribution < 1.29 is 14.3 Å². The van der Waals surface area contributed by atoms with Gasteiger partial charge < -0.3 is 14.4 Å². The molecule has 0 radical (unpaired) electrons. The van der Waals surface area contributed by atoms with Crippen LogP contribution in [0.15, 0.2) is 41.0 Å². The van der Waals surface area contributed by atoms with Gasteiger partial charge in [-0.1, -0.05) is 35.9 Å². The number of likely N-dealkylation sites (tertiary alicyclic amines) is 1. The Morgan fingerprint density at radius 2 is 1.81 bits per heavy atom. The van der Waals surface area contributed by atoms with Crippen molar-refractivity contribution in [1.29, 1.82) is 0 Å². The van der Waals surface area contributed by atoms with E-state index >= 15 is 0 Å². The lowest BCUT2D eigenvalue weighted by atomic mass is 9.93. The number of hydrogen-bond acceptors (Lipinski definition) is 5. The fraction of sp³-hybridized carbons (Fsp3) is 0.500. The van der Waals surface area contributed by atoms with Crippen LogP contribution in [0.2, 0.25) is 0 Å². The molecule has 1 amide bonds. The predicted octanol–water partition coefficient (Wildman–Crippen LogP) is 3.70. The van der Waals surface area contributed by atoms with Gasteiger partial charge in [0, 0.05) is 25.7 Å². The number of ether oxygens (including phenoxy) is 2. The van der Waals surface area contributed by atoms with Gasteiger partial charge in [-0.15, -0.1) is 5.10 Å². The summed E-state index contributed by atoms with van der Waals surface area (Å²) in [5.74, 6) is 0.666. The summed E-state index contributed by atoms with van der Waals surface area (Å²) < 4.78 is 11.3. The number of amides is 1. The van der Waals surface area contributed by atoms with Gasteiger partial charge in [0.25, 0.3) is 0 Å². The first kappa shape index (κ1) is 18.3. The lowest BCUT2D eigenvalue weighted by Gasteiger charge is -2.31. The highest BCUT2D eigenvalue weighted by atomic mass is 16.6. The molecule has 1 aromatic carbocycles. The quantitative estimate of drug-likeness (QED) is 0.810. The minimum atomic E-state index is -0.473. The number of hydrazone groups is 1. The molecule has 1 saturated heterocycles. The number of nitrogens with zero attached hydrogens (tertiary/aromatic N) is 3. The fourth-order valence-electron chi connectivity index (χ4n) is 3.11. The first-order chi connectivity index (χ1) is 12.3. The second-order valence-electron chi connectivity index (χ2n) is 7.65. The van der Waals surface area contributed by atoms with E-state index in [9.17, 15) is 4.79 Å². The summed E-state index contributed by atoms with van der Waals surface area (Å²) in [5, 5.41) is 6.29. The first-order valence-electron chi connectivity index (χ1n) is 9.02. The second kappa shape index (κ2) is 7.40. The molecule has 6 heteroatoms. The molecule has 1 aromatic rings. The Bertz CT molecular complexity index is 710. The summed E-state index contributed by atoms with van der Waals surface area (Å²) >= 11 is 0. The van der Waals surface area contributed by atoms with Crippen molar-refractivity contribution in [1.82, 2.24) is 9.91 Å². The monoisotopic (exact) mass is 357 g/mol. The third-order valence-electron chi connectivity index (χ3n) is 4.30. The van der Waals surface area contributed by atoms with Crippen LogP contribution in [-0.2, 0) is 9.47 Å². The van der Waals surface area contributed by atoms with Gasteiger partial charge in [-0.05, 0) is 39.2 Å². The van der Waals surface area contributed by atoms with Crippen LogP contribution in [0.1, 0.15) is 39.2 Å². The van der Waals surface area contributed by atoms with Gasteiger partial charge in [0.15, 0.2) is 6.73 Å². The van der Waals surface area contributed by atoms with E-state index in [-0.39, 0.29) is 6.09 Å². The van der Waals surface area contributed by atoms with Crippen molar-refractivity contribution >= 4 is 17.6 Å². The van der Waals surface area contributed by atoms with E-state index in [0.29, 0.717) is 25.7 Å². The van der Waals surface area contributed by atoms with Crippen molar-refractivity contribution in [3.63, 3.8) is 0 Å². The van der Waals surface area contributed by atoms with Gasteiger partial charge >= 0.3 is 6.09 Å². The largest absolute Gasteiger partial charge is 0.453 e. The zero-order valence-electron chi connectivity index (χ0n) is 16.0. The molecule has 26 heavy (non-hydrogen) atoms. The minimum Gasteiger partial charge on any atom is -0.453 e. The Balaban J connectivity index is 1.81. The highest BCUT2D eigenvalue weighted by Crippen LogP contribution is 2.30. The Morgan fingerprint density at radius 3 is 2.35 bits per heavy atom. The van der Waals surface area contributed by atoms with Crippen molar-refractivity contribution in [2.24, 2.45) is 5.10 Å². The average Bonchev–Trinajstić information content (AvgIpc) is 3.01. The molecule has 3 rings (SSSR count). The zero-order chi connectivity index (χ0) is 18.7. The number of carbonyl (C=O) groups is 1. The predicted molar refractivity (Wildman–Crippen MR) is 102 cm³/mol. The van der Waals surface area contributed by atoms with Gasteiger partial charge in [0.1, 0.15) is 5.60 Å². The molecular weight excluding hydrogens is 330 g/mol. The van der Waals surface area contributed by atoms with Gasteiger partial charge in [-0.2, -0.15) is 0 Å². The van der Waals surface area contributed by atoms with Crippen LogP contribution < -0.4 is 0 Å². The molecule has 2 aliphatic heterocycles. The standard InChI is InChI=1S/C20H27N3O3/c1-20(2,3)26-19(24)23-12-10-16(11-13-23)17(15-8-6-5-7-9-15)18-21-22(4)14-25-18/h5-9H,10-14H2,1-4H3. The molecule has 0 atom stereocenters. The molecule has 0 aliphatic carbocycles. The van der Waals surface area contributed by atoms with Crippen LogP contribution in [0.3, 0.4) is 0 Å². The van der Waals surface area contributed by atoms with Crippen LogP contribution in [-0.4, -0.2) is 54.4 Å². The summed E-state index contributed by atoms with van der Waals surface area (Å²) in [6.45, 7) is 7.41. The van der Waals surface area contributed by atoms with Crippen LogP contribution >= 0.6 is 0 Å². The summed E-state index contributed by atoms with van der Waals surface area (Å²) in [5.41, 5.74) is 2.95. The molecule has 1 fully saturated rings. The number of piperidine rings is 1. The molecule has 0 unspecified atom stereocenters. The smallest absolute Gasteiger partial charge is 0.410 e. The van der Waals surface area contributed by atoms with E-state index in [1.165, 1.54) is 5.57 Å². The average molecular weight is 357 g/mol. The van der Waals surface area contributed by atoms with Crippen LogP contribution in [0.4, 0.5) is 4.79 Å². The molecule has 0 spiro atoms. The molecule has 0 saturated carbocycles. The van der Waals surface area contributed by atoms with Crippen molar-refractivity contribution in [2.75, 3.05) is 26.9 Å². The number of benzene rings is 1.